The molecule has 27 heavy (non-hydrogen) atoms. The number of aromatic amines is 1. The second kappa shape index (κ2) is 6.67. The smallest absolute Gasteiger partial charge is 0.306 e. The van der Waals surface area contributed by atoms with E-state index in [9.17, 15) is 9.18 Å². The van der Waals surface area contributed by atoms with Gasteiger partial charge in [-0.2, -0.15) is 10.1 Å². The number of imidazole rings is 1. The van der Waals surface area contributed by atoms with Crippen molar-refractivity contribution in [2.75, 3.05) is 0 Å². The minimum atomic E-state index is -0.434. The lowest BCUT2D eigenvalue weighted by Crippen LogP contribution is -2.23. The minimum Gasteiger partial charge on any atom is -0.425 e. The first-order valence-electron chi connectivity index (χ1n) is 8.48. The molecule has 3 aromatic heterocycles. The molecule has 0 unspecified atom stereocenters. The summed E-state index contributed by atoms with van der Waals surface area (Å²) in [6.07, 6.45) is 4.13. The maximum atomic E-state index is 13.4. The Morgan fingerprint density at radius 1 is 1.30 bits per heavy atom. The standard InChI is InChI=1S/C18H17FN6O2/c1-3-7-25-17(26)14-16(22-15(21-14)11-9-20-24(2)10-11)23-18(25)27-13-6-4-5-12(19)8-13/h4-6,8-10H,3,7H2,1-2H3,(H,21,22). The van der Waals surface area contributed by atoms with Crippen LogP contribution in [-0.4, -0.2) is 29.3 Å². The van der Waals surface area contributed by atoms with Gasteiger partial charge in [0.1, 0.15) is 17.4 Å². The van der Waals surface area contributed by atoms with Gasteiger partial charge < -0.3 is 9.72 Å². The molecule has 0 fully saturated rings. The van der Waals surface area contributed by atoms with Crippen molar-refractivity contribution in [2.24, 2.45) is 7.05 Å². The fourth-order valence-electron chi connectivity index (χ4n) is 2.78. The number of hydrogen-bond acceptors (Lipinski definition) is 5. The molecule has 8 nitrogen and oxygen atoms in total. The summed E-state index contributed by atoms with van der Waals surface area (Å²) in [6.45, 7) is 2.35. The van der Waals surface area contributed by atoms with Gasteiger partial charge in [0.05, 0.1) is 11.8 Å². The van der Waals surface area contributed by atoms with Crippen molar-refractivity contribution >= 4 is 11.2 Å². The van der Waals surface area contributed by atoms with Crippen molar-refractivity contribution < 1.29 is 9.13 Å². The third kappa shape index (κ3) is 3.19. The predicted molar refractivity (Wildman–Crippen MR) is 97.1 cm³/mol. The Labute approximate surface area is 153 Å². The topological polar surface area (TPSA) is 90.6 Å². The molecule has 1 N–H and O–H groups in total. The normalized spacial score (nSPS) is 11.2. The van der Waals surface area contributed by atoms with E-state index in [0.29, 0.717) is 18.8 Å². The Kier molecular flexibility index (Phi) is 4.19. The number of H-pyrrole nitrogens is 1. The largest absolute Gasteiger partial charge is 0.425 e. The predicted octanol–water partition coefficient (Wildman–Crippen LogP) is 2.86. The quantitative estimate of drug-likeness (QED) is 0.585. The van der Waals surface area contributed by atoms with Gasteiger partial charge in [-0.3, -0.25) is 14.0 Å². The van der Waals surface area contributed by atoms with Crippen LogP contribution in [0.25, 0.3) is 22.6 Å². The molecule has 0 saturated heterocycles. The highest BCUT2D eigenvalue weighted by atomic mass is 19.1. The first-order valence-corrected chi connectivity index (χ1v) is 8.48. The molecule has 138 valence electrons. The Morgan fingerprint density at radius 3 is 2.85 bits per heavy atom. The summed E-state index contributed by atoms with van der Waals surface area (Å²) in [7, 11) is 1.80. The van der Waals surface area contributed by atoms with Crippen LogP contribution in [0.15, 0.2) is 41.5 Å². The van der Waals surface area contributed by atoms with E-state index >= 15 is 0 Å². The summed E-state index contributed by atoms with van der Waals surface area (Å²) >= 11 is 0. The lowest BCUT2D eigenvalue weighted by molar-refractivity contribution is 0.396. The first kappa shape index (κ1) is 17.0. The molecule has 0 radical (unpaired) electrons. The zero-order chi connectivity index (χ0) is 19.0. The van der Waals surface area contributed by atoms with Gasteiger partial charge in [-0.25, -0.2) is 9.37 Å². The highest BCUT2D eigenvalue weighted by Gasteiger charge is 2.17. The van der Waals surface area contributed by atoms with Crippen molar-refractivity contribution in [2.45, 2.75) is 19.9 Å². The number of rotatable bonds is 5. The van der Waals surface area contributed by atoms with Crippen LogP contribution in [0.3, 0.4) is 0 Å². The number of benzene rings is 1. The molecule has 1 aromatic carbocycles. The molecule has 0 saturated carbocycles. The first-order chi connectivity index (χ1) is 13.0. The van der Waals surface area contributed by atoms with Crippen LogP contribution in [-0.2, 0) is 13.6 Å². The van der Waals surface area contributed by atoms with Crippen molar-refractivity contribution in [1.82, 2.24) is 29.3 Å². The average Bonchev–Trinajstić information content (AvgIpc) is 3.25. The van der Waals surface area contributed by atoms with Crippen molar-refractivity contribution in [3.05, 3.63) is 52.8 Å². The number of hydrogen-bond donors (Lipinski definition) is 1. The maximum Gasteiger partial charge on any atom is 0.306 e. The molecule has 0 amide bonds. The van der Waals surface area contributed by atoms with E-state index in [1.54, 1.807) is 30.2 Å². The molecule has 4 rings (SSSR count). The van der Waals surface area contributed by atoms with Crippen LogP contribution >= 0.6 is 0 Å². The Hall–Kier alpha value is -3.49. The van der Waals surface area contributed by atoms with Crippen LogP contribution < -0.4 is 10.3 Å². The van der Waals surface area contributed by atoms with Crippen molar-refractivity contribution in [1.29, 1.82) is 0 Å². The zero-order valence-electron chi connectivity index (χ0n) is 14.8. The molecule has 9 heteroatoms. The fourth-order valence-corrected chi connectivity index (χ4v) is 2.78. The van der Waals surface area contributed by atoms with Crippen LogP contribution in [0.4, 0.5) is 4.39 Å². The molecule has 0 spiro atoms. The SMILES string of the molecule is CCCn1c(Oc2cccc(F)c2)nc2nc(-c3cnn(C)c3)[nH]c2c1=O. The molecule has 4 aromatic rings. The lowest BCUT2D eigenvalue weighted by Gasteiger charge is -2.11. The zero-order valence-corrected chi connectivity index (χ0v) is 14.8. The number of nitrogens with one attached hydrogen (secondary N) is 1. The Bertz CT molecular complexity index is 1180. The number of fused-ring (bicyclic) bond motifs is 1. The van der Waals surface area contributed by atoms with E-state index in [2.05, 4.69) is 20.1 Å². The molecular weight excluding hydrogens is 351 g/mol. The summed E-state index contributed by atoms with van der Waals surface area (Å²) in [5, 5.41) is 4.11. The molecule has 0 atom stereocenters. The Morgan fingerprint density at radius 2 is 2.15 bits per heavy atom. The summed E-state index contributed by atoms with van der Waals surface area (Å²) < 4.78 is 22.2. The van der Waals surface area contributed by atoms with E-state index in [4.69, 9.17) is 4.74 Å². The van der Waals surface area contributed by atoms with E-state index in [1.165, 1.54) is 22.8 Å². The Balaban J connectivity index is 1.84. The molecule has 0 aliphatic carbocycles. The molecule has 0 aliphatic rings. The summed E-state index contributed by atoms with van der Waals surface area (Å²) in [5.41, 5.74) is 0.965. The summed E-state index contributed by atoms with van der Waals surface area (Å²) in [6, 6.07) is 5.75. The van der Waals surface area contributed by atoms with E-state index in [1.807, 2.05) is 6.92 Å². The molecule has 0 aliphatic heterocycles. The van der Waals surface area contributed by atoms with Crippen LogP contribution in [0.2, 0.25) is 0 Å². The average molecular weight is 368 g/mol. The second-order valence-corrected chi connectivity index (χ2v) is 6.10. The van der Waals surface area contributed by atoms with Crippen LogP contribution in [0.1, 0.15) is 13.3 Å². The minimum absolute atomic E-state index is 0.0733. The van der Waals surface area contributed by atoms with Crippen LogP contribution in [0, 0.1) is 5.82 Å². The van der Waals surface area contributed by atoms with Gasteiger partial charge in [-0.1, -0.05) is 13.0 Å². The number of aryl methyl sites for hydroxylation is 1. The number of halogens is 1. The lowest BCUT2D eigenvalue weighted by atomic mass is 10.3. The van der Waals surface area contributed by atoms with Gasteiger partial charge in [0.15, 0.2) is 11.2 Å². The third-order valence-corrected chi connectivity index (χ3v) is 4.01. The maximum absolute atomic E-state index is 13.4. The van der Waals surface area contributed by atoms with E-state index in [-0.39, 0.29) is 28.5 Å². The molecular formula is C18H17FN6O2. The van der Waals surface area contributed by atoms with Crippen molar-refractivity contribution in [3.8, 4) is 23.1 Å². The van der Waals surface area contributed by atoms with Gasteiger partial charge in [0.25, 0.3) is 5.56 Å². The number of aromatic nitrogens is 6. The second-order valence-electron chi connectivity index (χ2n) is 6.10. The van der Waals surface area contributed by atoms with Gasteiger partial charge in [0.2, 0.25) is 0 Å². The highest BCUT2D eigenvalue weighted by Crippen LogP contribution is 2.23. The molecule has 0 bridgehead atoms. The highest BCUT2D eigenvalue weighted by molar-refractivity contribution is 5.75. The van der Waals surface area contributed by atoms with Gasteiger partial charge in [0, 0.05) is 25.9 Å². The van der Waals surface area contributed by atoms with Gasteiger partial charge in [-0.15, -0.1) is 0 Å². The van der Waals surface area contributed by atoms with Crippen molar-refractivity contribution in [3.63, 3.8) is 0 Å². The van der Waals surface area contributed by atoms with Crippen LogP contribution in [0.5, 0.6) is 11.8 Å². The third-order valence-electron chi connectivity index (χ3n) is 4.01. The summed E-state index contributed by atoms with van der Waals surface area (Å²) in [5.74, 6) is 0.319. The molecule has 3 heterocycles. The number of ether oxygens (including phenoxy) is 1. The van der Waals surface area contributed by atoms with Gasteiger partial charge in [-0.05, 0) is 18.6 Å². The monoisotopic (exact) mass is 368 g/mol. The van der Waals surface area contributed by atoms with E-state index < -0.39 is 5.82 Å². The van der Waals surface area contributed by atoms with Gasteiger partial charge >= 0.3 is 6.01 Å². The fraction of sp³-hybridized carbons (Fsp3) is 0.222. The number of nitrogens with zero attached hydrogens (tertiary/aromatic N) is 5. The summed E-state index contributed by atoms with van der Waals surface area (Å²) in [4.78, 5) is 24.7. The van der Waals surface area contributed by atoms with E-state index in [0.717, 1.165) is 5.56 Å².